The average Bonchev–Trinajstić information content (AvgIpc) is 3.79. The van der Waals surface area contributed by atoms with Crippen LogP contribution in [0.3, 0.4) is 0 Å². The van der Waals surface area contributed by atoms with E-state index in [0.717, 1.165) is 82.6 Å². The minimum absolute atomic E-state index is 0.585. The van der Waals surface area contributed by atoms with Gasteiger partial charge in [0.15, 0.2) is 17.5 Å². The largest absolute Gasteiger partial charge is 0.456 e. The molecule has 0 unspecified atom stereocenters. The fraction of sp³-hybridized carbons (Fsp3) is 0. The van der Waals surface area contributed by atoms with Gasteiger partial charge in [0.05, 0.1) is 11.0 Å². The zero-order valence-corrected chi connectivity index (χ0v) is 30.1. The van der Waals surface area contributed by atoms with Gasteiger partial charge in [-0.15, -0.1) is 0 Å². The molecule has 0 aliphatic heterocycles. The lowest BCUT2D eigenvalue weighted by Gasteiger charge is -2.11. The van der Waals surface area contributed by atoms with Crippen LogP contribution >= 0.6 is 11.6 Å². The zero-order valence-electron chi connectivity index (χ0n) is 29.3. The number of fused-ring (bicyclic) bond motifs is 8. The number of aromatic nitrogens is 4. The van der Waals surface area contributed by atoms with Crippen LogP contribution < -0.4 is 0 Å². The molecule has 0 saturated heterocycles. The van der Waals surface area contributed by atoms with E-state index >= 15 is 0 Å². The number of hydrogen-bond donors (Lipinski definition) is 0. The van der Waals surface area contributed by atoms with Crippen LogP contribution in [0, 0.1) is 0 Å². The molecule has 11 aromatic rings. The Labute approximate surface area is 320 Å². The summed E-state index contributed by atoms with van der Waals surface area (Å²) >= 11 is 6.49. The van der Waals surface area contributed by atoms with Crippen LogP contribution in [0.5, 0.6) is 0 Å². The zero-order chi connectivity index (χ0) is 36.5. The summed E-state index contributed by atoms with van der Waals surface area (Å²) in [7, 11) is 0. The Morgan fingerprint density at radius 2 is 1.00 bits per heavy atom. The smallest absolute Gasteiger partial charge is 0.164 e. The second-order valence-corrected chi connectivity index (χ2v) is 14.2. The molecule has 0 fully saturated rings. The van der Waals surface area contributed by atoms with Gasteiger partial charge in [-0.1, -0.05) is 115 Å². The molecule has 6 heteroatoms. The monoisotopic (exact) mass is 724 g/mol. The van der Waals surface area contributed by atoms with E-state index in [1.165, 1.54) is 5.39 Å². The van der Waals surface area contributed by atoms with E-state index in [9.17, 15) is 0 Å². The first-order valence-electron chi connectivity index (χ1n) is 18.2. The van der Waals surface area contributed by atoms with Crippen molar-refractivity contribution in [2.75, 3.05) is 0 Å². The van der Waals surface area contributed by atoms with Crippen molar-refractivity contribution in [3.63, 3.8) is 0 Å². The number of furan rings is 1. The summed E-state index contributed by atoms with van der Waals surface area (Å²) in [5, 5.41) is 7.08. The fourth-order valence-electron chi connectivity index (χ4n) is 7.91. The van der Waals surface area contributed by atoms with Crippen molar-refractivity contribution in [1.29, 1.82) is 0 Å². The van der Waals surface area contributed by atoms with Gasteiger partial charge in [0.25, 0.3) is 0 Å². The van der Waals surface area contributed by atoms with Gasteiger partial charge < -0.3 is 8.98 Å². The van der Waals surface area contributed by atoms with Crippen molar-refractivity contribution in [3.05, 3.63) is 181 Å². The van der Waals surface area contributed by atoms with Crippen LogP contribution in [0.2, 0.25) is 5.02 Å². The maximum atomic E-state index is 6.49. The van der Waals surface area contributed by atoms with Gasteiger partial charge in [-0.25, -0.2) is 15.0 Å². The summed E-state index contributed by atoms with van der Waals surface area (Å²) in [6.07, 6.45) is 0. The van der Waals surface area contributed by atoms with E-state index in [1.807, 2.05) is 36.4 Å². The lowest BCUT2D eigenvalue weighted by Crippen LogP contribution is -2.00. The van der Waals surface area contributed by atoms with Crippen molar-refractivity contribution in [1.82, 2.24) is 19.5 Å². The molecule has 0 aliphatic carbocycles. The first-order valence-corrected chi connectivity index (χ1v) is 18.6. The molecule has 0 saturated carbocycles. The molecule has 5 nitrogen and oxygen atoms in total. The third kappa shape index (κ3) is 5.28. The Balaban J connectivity index is 1.14. The number of nitrogens with zero attached hydrogens (tertiary/aromatic N) is 4. The van der Waals surface area contributed by atoms with Crippen LogP contribution in [-0.2, 0) is 0 Å². The molecular formula is C49H29ClN4O. The molecule has 0 aliphatic rings. The lowest BCUT2D eigenvalue weighted by atomic mass is 10.0. The molecule has 258 valence electrons. The number of hydrogen-bond acceptors (Lipinski definition) is 4. The van der Waals surface area contributed by atoms with Crippen LogP contribution in [0.25, 0.3) is 105 Å². The standard InChI is InChI=1S/C49H29ClN4O/c50-36-22-25-44-41(29-36)46-39-27-34(19-18-31(39)21-24-45(46)55-44)48-51-47(33-13-9-12-32(26-33)30-10-3-1-4-11-30)52-49(53-48)35-20-23-43-40(28-35)38-16-7-8-17-42(38)54(43)37-14-5-2-6-15-37/h1-29H. The van der Waals surface area contributed by atoms with Gasteiger partial charge in [0.1, 0.15) is 11.2 Å². The summed E-state index contributed by atoms with van der Waals surface area (Å²) in [5.74, 6) is 1.78. The number of benzene rings is 8. The molecule has 0 atom stereocenters. The van der Waals surface area contributed by atoms with Crippen molar-refractivity contribution < 1.29 is 4.42 Å². The van der Waals surface area contributed by atoms with E-state index in [4.69, 9.17) is 31.0 Å². The SMILES string of the molecule is Clc1ccc2oc3ccc4ccc(-c5nc(-c6cccc(-c7ccccc7)c6)nc(-c6ccc7c(c6)c6ccccc6n7-c6ccccc6)n5)cc4c3c2c1. The Kier molecular flexibility index (Phi) is 7.15. The molecule has 55 heavy (non-hydrogen) atoms. The fourth-order valence-corrected chi connectivity index (χ4v) is 8.08. The van der Waals surface area contributed by atoms with Gasteiger partial charge >= 0.3 is 0 Å². The summed E-state index contributed by atoms with van der Waals surface area (Å²) < 4.78 is 8.57. The Morgan fingerprint density at radius 1 is 0.400 bits per heavy atom. The van der Waals surface area contributed by atoms with Crippen molar-refractivity contribution >= 4 is 66.1 Å². The molecule has 0 radical (unpaired) electrons. The Morgan fingerprint density at radius 3 is 1.80 bits per heavy atom. The summed E-state index contributed by atoms with van der Waals surface area (Å²) in [5.41, 5.74) is 9.89. The molecule has 0 amide bonds. The van der Waals surface area contributed by atoms with Crippen LogP contribution in [-0.4, -0.2) is 19.5 Å². The molecule has 3 heterocycles. The highest BCUT2D eigenvalue weighted by molar-refractivity contribution is 6.32. The van der Waals surface area contributed by atoms with Crippen molar-refractivity contribution in [3.8, 4) is 51.0 Å². The summed E-state index contributed by atoms with van der Waals surface area (Å²) in [4.78, 5) is 15.6. The molecule has 0 spiro atoms. The first-order chi connectivity index (χ1) is 27.1. The van der Waals surface area contributed by atoms with E-state index in [1.54, 1.807) is 0 Å². The van der Waals surface area contributed by atoms with Gasteiger partial charge in [-0.3, -0.25) is 0 Å². The summed E-state index contributed by atoms with van der Waals surface area (Å²) in [6, 6.07) is 60.6. The van der Waals surface area contributed by atoms with Crippen molar-refractivity contribution in [2.45, 2.75) is 0 Å². The van der Waals surface area contributed by atoms with E-state index in [-0.39, 0.29) is 0 Å². The van der Waals surface area contributed by atoms with Crippen LogP contribution in [0.15, 0.2) is 180 Å². The number of rotatable bonds is 5. The Bertz CT molecular complexity index is 3280. The maximum absolute atomic E-state index is 6.49. The average molecular weight is 725 g/mol. The highest BCUT2D eigenvalue weighted by atomic mass is 35.5. The second kappa shape index (κ2) is 12.5. The molecule has 0 bridgehead atoms. The van der Waals surface area contributed by atoms with Crippen LogP contribution in [0.1, 0.15) is 0 Å². The molecule has 0 N–H and O–H groups in total. The number of para-hydroxylation sites is 2. The highest BCUT2D eigenvalue weighted by Gasteiger charge is 2.18. The topological polar surface area (TPSA) is 56.7 Å². The van der Waals surface area contributed by atoms with Crippen LogP contribution in [0.4, 0.5) is 0 Å². The molecule has 3 aromatic heterocycles. The molecule has 8 aromatic carbocycles. The minimum atomic E-state index is 0.585. The normalized spacial score (nSPS) is 11.7. The van der Waals surface area contributed by atoms with E-state index in [0.29, 0.717) is 22.5 Å². The predicted octanol–water partition coefficient (Wildman–Crippen LogP) is 13.3. The molecule has 11 rings (SSSR count). The third-order valence-electron chi connectivity index (χ3n) is 10.5. The van der Waals surface area contributed by atoms with Gasteiger partial charge in [0, 0.05) is 48.9 Å². The van der Waals surface area contributed by atoms with Gasteiger partial charge in [-0.05, 0) is 94.7 Å². The molecular weight excluding hydrogens is 696 g/mol. The predicted molar refractivity (Wildman–Crippen MR) is 226 cm³/mol. The number of halogens is 1. The van der Waals surface area contributed by atoms with Crippen molar-refractivity contribution in [2.24, 2.45) is 0 Å². The minimum Gasteiger partial charge on any atom is -0.456 e. The van der Waals surface area contributed by atoms with E-state index in [2.05, 4.69) is 144 Å². The summed E-state index contributed by atoms with van der Waals surface area (Å²) in [6.45, 7) is 0. The maximum Gasteiger partial charge on any atom is 0.164 e. The third-order valence-corrected chi connectivity index (χ3v) is 10.7. The lowest BCUT2D eigenvalue weighted by molar-refractivity contribution is 0.669. The first kappa shape index (κ1) is 31.4. The highest BCUT2D eigenvalue weighted by Crippen LogP contribution is 2.39. The second-order valence-electron chi connectivity index (χ2n) is 13.8. The van der Waals surface area contributed by atoms with Gasteiger partial charge in [0.2, 0.25) is 0 Å². The van der Waals surface area contributed by atoms with E-state index < -0.39 is 0 Å². The van der Waals surface area contributed by atoms with Gasteiger partial charge in [-0.2, -0.15) is 0 Å². The quantitative estimate of drug-likeness (QED) is 0.177. The Hall–Kier alpha value is -7.08.